The Balaban J connectivity index is 1.95. The summed E-state index contributed by atoms with van der Waals surface area (Å²) in [5, 5.41) is 7.74. The first kappa shape index (κ1) is 19.3. The highest BCUT2D eigenvalue weighted by molar-refractivity contribution is 6.06. The fourth-order valence-electron chi connectivity index (χ4n) is 4.77. The van der Waals surface area contributed by atoms with Crippen LogP contribution in [0.25, 0.3) is 56.0 Å². The molecule has 0 radical (unpaired) electrons. The van der Waals surface area contributed by atoms with E-state index in [1.807, 2.05) is 0 Å². The maximum absolute atomic E-state index is 2.33. The van der Waals surface area contributed by atoms with Gasteiger partial charge in [-0.2, -0.15) is 0 Å². The third-order valence-corrected chi connectivity index (χ3v) is 6.25. The lowest BCUT2D eigenvalue weighted by Crippen LogP contribution is -2.29. The Labute approximate surface area is 183 Å². The van der Waals surface area contributed by atoms with E-state index in [4.69, 9.17) is 0 Å². The average Bonchev–Trinajstić information content (AvgIpc) is 2.82. The van der Waals surface area contributed by atoms with Crippen LogP contribution >= 0.6 is 0 Å². The largest absolute Gasteiger partial charge is 0.0791 e. The lowest BCUT2D eigenvalue weighted by Gasteiger charge is -2.16. The summed E-state index contributed by atoms with van der Waals surface area (Å²) in [6, 6.07) is 33.2. The molecule has 0 fully saturated rings. The van der Waals surface area contributed by atoms with Gasteiger partial charge in [0, 0.05) is 0 Å². The van der Waals surface area contributed by atoms with Gasteiger partial charge in [0.1, 0.15) is 0 Å². The fraction of sp³-hybridized carbons (Fsp3) is 0.0968. The summed E-state index contributed by atoms with van der Waals surface area (Å²) >= 11 is 0. The molecule has 31 heavy (non-hydrogen) atoms. The van der Waals surface area contributed by atoms with Crippen molar-refractivity contribution in [3.63, 3.8) is 0 Å². The molecule has 0 N–H and O–H groups in total. The number of hydrogen-bond donors (Lipinski definition) is 0. The standard InChI is InChI=1S/C31H26/c1-4-26-27(5-2)31(25-19-18-22-10-6-7-11-24(22)20-25)29-13-9-8-12-28(29)30(26)23-16-14-21(3)15-17-23/h4-20H,1-3H3/b26-4+,27-5+. The smallest absolute Gasteiger partial charge is 0.00296 e. The second kappa shape index (κ2) is 7.89. The van der Waals surface area contributed by atoms with E-state index in [0.717, 1.165) is 0 Å². The minimum atomic E-state index is 1.27. The van der Waals surface area contributed by atoms with Gasteiger partial charge in [0.25, 0.3) is 0 Å². The first-order chi connectivity index (χ1) is 15.2. The van der Waals surface area contributed by atoms with Crippen molar-refractivity contribution in [3.8, 4) is 22.3 Å². The van der Waals surface area contributed by atoms with Gasteiger partial charge in [-0.1, -0.05) is 103 Å². The molecule has 5 aromatic carbocycles. The van der Waals surface area contributed by atoms with Crippen molar-refractivity contribution in [1.82, 2.24) is 0 Å². The summed E-state index contributed by atoms with van der Waals surface area (Å²) in [7, 11) is 0. The van der Waals surface area contributed by atoms with Gasteiger partial charge in [0.15, 0.2) is 0 Å². The molecule has 0 bridgehead atoms. The molecule has 0 spiro atoms. The van der Waals surface area contributed by atoms with Crippen molar-refractivity contribution in [2.45, 2.75) is 20.8 Å². The number of benzene rings is 5. The van der Waals surface area contributed by atoms with Crippen molar-refractivity contribution in [2.75, 3.05) is 0 Å². The Bertz CT molecular complexity index is 1530. The fourth-order valence-corrected chi connectivity index (χ4v) is 4.77. The molecule has 0 atom stereocenters. The van der Waals surface area contributed by atoms with Gasteiger partial charge < -0.3 is 0 Å². The van der Waals surface area contributed by atoms with Gasteiger partial charge >= 0.3 is 0 Å². The molecule has 0 unspecified atom stereocenters. The molecule has 0 heterocycles. The number of aryl methyl sites for hydroxylation is 1. The topological polar surface area (TPSA) is 0 Å². The van der Waals surface area contributed by atoms with E-state index in [1.54, 1.807) is 0 Å². The maximum Gasteiger partial charge on any atom is -0.00296 e. The van der Waals surface area contributed by atoms with Crippen LogP contribution in [0.15, 0.2) is 91.0 Å². The maximum atomic E-state index is 2.33. The molecule has 0 aliphatic heterocycles. The minimum absolute atomic E-state index is 1.27. The van der Waals surface area contributed by atoms with Gasteiger partial charge in [-0.15, -0.1) is 0 Å². The molecule has 0 aliphatic carbocycles. The molecule has 5 aromatic rings. The highest BCUT2D eigenvalue weighted by Gasteiger charge is 2.14. The monoisotopic (exact) mass is 398 g/mol. The third kappa shape index (κ3) is 3.25. The van der Waals surface area contributed by atoms with E-state index in [9.17, 15) is 0 Å². The Morgan fingerprint density at radius 3 is 1.65 bits per heavy atom. The second-order valence-corrected chi connectivity index (χ2v) is 8.13. The lowest BCUT2D eigenvalue weighted by molar-refractivity contribution is 1.45. The van der Waals surface area contributed by atoms with Crippen LogP contribution in [-0.4, -0.2) is 0 Å². The quantitative estimate of drug-likeness (QED) is 0.294. The Hall–Kier alpha value is -3.64. The van der Waals surface area contributed by atoms with Crippen molar-refractivity contribution in [1.29, 1.82) is 0 Å². The highest BCUT2D eigenvalue weighted by atomic mass is 14.2. The first-order valence-corrected chi connectivity index (χ1v) is 10.9. The van der Waals surface area contributed by atoms with E-state index in [1.165, 1.54) is 59.8 Å². The predicted molar refractivity (Wildman–Crippen MR) is 137 cm³/mol. The Morgan fingerprint density at radius 2 is 1.03 bits per heavy atom. The molecule has 0 aliphatic rings. The normalized spacial score (nSPS) is 12.7. The van der Waals surface area contributed by atoms with Crippen LogP contribution in [0.4, 0.5) is 0 Å². The molecule has 0 nitrogen and oxygen atoms in total. The molecule has 0 amide bonds. The zero-order valence-corrected chi connectivity index (χ0v) is 18.3. The van der Waals surface area contributed by atoms with Crippen LogP contribution < -0.4 is 10.4 Å². The zero-order valence-electron chi connectivity index (χ0n) is 18.3. The predicted octanol–water partition coefficient (Wildman–Crippen LogP) is 7.24. The molecule has 0 heteroatoms. The zero-order chi connectivity index (χ0) is 21.4. The second-order valence-electron chi connectivity index (χ2n) is 8.13. The van der Waals surface area contributed by atoms with Gasteiger partial charge in [-0.25, -0.2) is 0 Å². The summed E-state index contributed by atoms with van der Waals surface area (Å²) in [5.74, 6) is 0. The van der Waals surface area contributed by atoms with Crippen molar-refractivity contribution in [3.05, 3.63) is 107 Å². The molecule has 0 saturated heterocycles. The van der Waals surface area contributed by atoms with Crippen molar-refractivity contribution in [2.24, 2.45) is 0 Å². The SMILES string of the molecule is C/C=c1/c(-c2ccc(C)cc2)c2ccccc2c(-c2ccc3ccccc3c2)/c1=C/C. The summed E-state index contributed by atoms with van der Waals surface area (Å²) in [6.07, 6.45) is 4.53. The van der Waals surface area contributed by atoms with Gasteiger partial charge in [0.05, 0.1) is 0 Å². The van der Waals surface area contributed by atoms with Gasteiger partial charge in [-0.05, 0) is 81.1 Å². The summed E-state index contributed by atoms with van der Waals surface area (Å²) in [6.45, 7) is 6.45. The lowest BCUT2D eigenvalue weighted by atomic mass is 9.87. The minimum Gasteiger partial charge on any atom is -0.0791 e. The van der Waals surface area contributed by atoms with E-state index in [2.05, 4.69) is 124 Å². The number of hydrogen-bond acceptors (Lipinski definition) is 0. The molecular formula is C31H26. The van der Waals surface area contributed by atoms with E-state index in [0.29, 0.717) is 0 Å². The van der Waals surface area contributed by atoms with Crippen LogP contribution in [0.2, 0.25) is 0 Å². The highest BCUT2D eigenvalue weighted by Crippen LogP contribution is 2.32. The van der Waals surface area contributed by atoms with E-state index >= 15 is 0 Å². The third-order valence-electron chi connectivity index (χ3n) is 6.25. The molecule has 0 saturated carbocycles. The number of rotatable bonds is 2. The summed E-state index contributed by atoms with van der Waals surface area (Å²) in [5.41, 5.74) is 6.44. The van der Waals surface area contributed by atoms with Crippen LogP contribution in [-0.2, 0) is 0 Å². The van der Waals surface area contributed by atoms with Crippen molar-refractivity contribution < 1.29 is 0 Å². The van der Waals surface area contributed by atoms with Gasteiger partial charge in [0.2, 0.25) is 0 Å². The molecule has 5 rings (SSSR count). The van der Waals surface area contributed by atoms with Crippen LogP contribution in [0, 0.1) is 6.92 Å². The number of fused-ring (bicyclic) bond motifs is 2. The molecule has 150 valence electrons. The van der Waals surface area contributed by atoms with Crippen molar-refractivity contribution >= 4 is 33.7 Å². The molecule has 0 aromatic heterocycles. The average molecular weight is 399 g/mol. The summed E-state index contributed by atoms with van der Waals surface area (Å²) in [4.78, 5) is 0. The Kier molecular flexibility index (Phi) is 4.92. The van der Waals surface area contributed by atoms with Crippen LogP contribution in [0.5, 0.6) is 0 Å². The van der Waals surface area contributed by atoms with E-state index < -0.39 is 0 Å². The Morgan fingerprint density at radius 1 is 0.516 bits per heavy atom. The first-order valence-electron chi connectivity index (χ1n) is 10.9. The summed E-state index contributed by atoms with van der Waals surface area (Å²) < 4.78 is 0. The molecular weight excluding hydrogens is 372 g/mol. The van der Waals surface area contributed by atoms with Crippen LogP contribution in [0.3, 0.4) is 0 Å². The van der Waals surface area contributed by atoms with Gasteiger partial charge in [-0.3, -0.25) is 0 Å². The van der Waals surface area contributed by atoms with E-state index in [-0.39, 0.29) is 0 Å². The van der Waals surface area contributed by atoms with Crippen LogP contribution in [0.1, 0.15) is 19.4 Å².